The van der Waals surface area contributed by atoms with Crippen molar-refractivity contribution in [1.82, 2.24) is 9.88 Å². The molecule has 3 rings (SSSR count). The average molecular weight is 339 g/mol. The quantitative estimate of drug-likeness (QED) is 0.818. The van der Waals surface area contributed by atoms with Gasteiger partial charge >= 0.3 is 0 Å². The van der Waals surface area contributed by atoms with E-state index in [1.165, 1.54) is 0 Å². The normalized spacial score (nSPS) is 25.4. The van der Waals surface area contributed by atoms with Crippen molar-refractivity contribution in [3.05, 3.63) is 41.7 Å². The fourth-order valence-corrected chi connectivity index (χ4v) is 3.64. The SMILES string of the molecule is CC1(C)CC2(C=C(C#N)C1=O)CN(C(=O)Cc1ccccn1)CCO2. The number of ketones is 1. The van der Waals surface area contributed by atoms with Crippen LogP contribution in [-0.2, 0) is 20.7 Å². The van der Waals surface area contributed by atoms with E-state index in [2.05, 4.69) is 4.98 Å². The van der Waals surface area contributed by atoms with Crippen molar-refractivity contribution >= 4 is 11.7 Å². The first-order valence-electron chi connectivity index (χ1n) is 8.35. The monoisotopic (exact) mass is 339 g/mol. The van der Waals surface area contributed by atoms with Crippen LogP contribution >= 0.6 is 0 Å². The highest BCUT2D eigenvalue weighted by Gasteiger charge is 2.48. The molecule has 1 fully saturated rings. The third-order valence-electron chi connectivity index (χ3n) is 4.75. The number of carbonyl (C=O) groups excluding carboxylic acids is 2. The van der Waals surface area contributed by atoms with Crippen LogP contribution in [0.2, 0.25) is 0 Å². The number of pyridine rings is 1. The van der Waals surface area contributed by atoms with Gasteiger partial charge in [-0.3, -0.25) is 14.6 Å². The van der Waals surface area contributed by atoms with Crippen LogP contribution in [0.15, 0.2) is 36.0 Å². The van der Waals surface area contributed by atoms with Gasteiger partial charge in [0.25, 0.3) is 0 Å². The average Bonchev–Trinajstić information content (AvgIpc) is 2.59. The molecule has 1 aliphatic carbocycles. The molecule has 1 amide bonds. The van der Waals surface area contributed by atoms with Crippen LogP contribution in [0.25, 0.3) is 0 Å². The van der Waals surface area contributed by atoms with Gasteiger partial charge in [-0.15, -0.1) is 0 Å². The van der Waals surface area contributed by atoms with E-state index in [-0.39, 0.29) is 23.7 Å². The Balaban J connectivity index is 1.81. The van der Waals surface area contributed by atoms with Crippen molar-refractivity contribution in [3.8, 4) is 6.07 Å². The number of carbonyl (C=O) groups is 2. The first-order valence-corrected chi connectivity index (χ1v) is 8.35. The Kier molecular flexibility index (Phi) is 4.44. The molecular formula is C19H21N3O3. The summed E-state index contributed by atoms with van der Waals surface area (Å²) in [6, 6.07) is 7.47. The zero-order valence-corrected chi connectivity index (χ0v) is 14.5. The summed E-state index contributed by atoms with van der Waals surface area (Å²) in [6.45, 7) is 4.87. The summed E-state index contributed by atoms with van der Waals surface area (Å²) in [5.41, 5.74) is -0.622. The topological polar surface area (TPSA) is 83.3 Å². The number of aromatic nitrogens is 1. The van der Waals surface area contributed by atoms with Gasteiger partial charge in [-0.2, -0.15) is 5.26 Å². The molecule has 1 unspecified atom stereocenters. The van der Waals surface area contributed by atoms with Gasteiger partial charge in [0.15, 0.2) is 5.78 Å². The maximum Gasteiger partial charge on any atom is 0.228 e. The Morgan fingerprint density at radius 3 is 2.92 bits per heavy atom. The van der Waals surface area contributed by atoms with Gasteiger partial charge < -0.3 is 9.64 Å². The molecule has 1 aliphatic heterocycles. The highest BCUT2D eigenvalue weighted by molar-refractivity contribution is 6.04. The van der Waals surface area contributed by atoms with Gasteiger partial charge in [-0.05, 0) is 24.6 Å². The Labute approximate surface area is 147 Å². The lowest BCUT2D eigenvalue weighted by atomic mass is 9.69. The molecule has 0 aromatic carbocycles. The summed E-state index contributed by atoms with van der Waals surface area (Å²) in [7, 11) is 0. The van der Waals surface area contributed by atoms with Crippen molar-refractivity contribution in [2.24, 2.45) is 5.41 Å². The van der Waals surface area contributed by atoms with E-state index >= 15 is 0 Å². The zero-order chi connectivity index (χ0) is 18.1. The lowest BCUT2D eigenvalue weighted by Crippen LogP contribution is -2.57. The number of amides is 1. The van der Waals surface area contributed by atoms with Gasteiger partial charge in [0, 0.05) is 23.9 Å². The molecule has 2 heterocycles. The van der Waals surface area contributed by atoms with Gasteiger partial charge in [-0.25, -0.2) is 0 Å². The van der Waals surface area contributed by atoms with Gasteiger partial charge in [0.1, 0.15) is 11.7 Å². The maximum absolute atomic E-state index is 12.6. The van der Waals surface area contributed by atoms with E-state index in [0.29, 0.717) is 26.1 Å². The fourth-order valence-electron chi connectivity index (χ4n) is 3.64. The van der Waals surface area contributed by atoms with Gasteiger partial charge in [0.05, 0.1) is 25.1 Å². The maximum atomic E-state index is 12.6. The number of allylic oxidation sites excluding steroid dienone is 1. The molecular weight excluding hydrogens is 318 g/mol. The molecule has 2 aliphatic rings. The largest absolute Gasteiger partial charge is 0.367 e. The van der Waals surface area contributed by atoms with Gasteiger partial charge in [0.2, 0.25) is 5.91 Å². The fraction of sp³-hybridized carbons (Fsp3) is 0.474. The number of nitriles is 1. The first kappa shape index (κ1) is 17.3. The third-order valence-corrected chi connectivity index (χ3v) is 4.75. The van der Waals surface area contributed by atoms with Crippen molar-refractivity contribution in [3.63, 3.8) is 0 Å². The molecule has 1 atom stereocenters. The minimum Gasteiger partial charge on any atom is -0.367 e. The smallest absolute Gasteiger partial charge is 0.228 e. The summed E-state index contributed by atoms with van der Waals surface area (Å²) in [5.74, 6) is -0.191. The number of morpholine rings is 1. The molecule has 1 aromatic rings. The first-order chi connectivity index (χ1) is 11.9. The number of ether oxygens (including phenoxy) is 1. The molecule has 0 bridgehead atoms. The Hall–Kier alpha value is -2.52. The number of hydrogen-bond donors (Lipinski definition) is 0. The highest BCUT2D eigenvalue weighted by atomic mass is 16.5. The molecule has 1 saturated heterocycles. The predicted octanol–water partition coefficient (Wildman–Crippen LogP) is 1.67. The molecule has 1 spiro atoms. The van der Waals surface area contributed by atoms with Crippen LogP contribution in [-0.4, -0.2) is 46.9 Å². The standard InChI is InChI=1S/C19H21N3O3/c1-18(2)12-19(10-14(11-20)17(18)24)13-22(7-8-25-19)16(23)9-15-5-3-4-6-21-15/h3-6,10H,7-9,12-13H2,1-2H3. The number of hydrogen-bond acceptors (Lipinski definition) is 5. The summed E-state index contributed by atoms with van der Waals surface area (Å²) in [4.78, 5) is 30.9. The zero-order valence-electron chi connectivity index (χ0n) is 14.5. The number of Topliss-reactive ketones (excluding diaryl/α,β-unsaturated/α-hetero) is 1. The summed E-state index contributed by atoms with van der Waals surface area (Å²) >= 11 is 0. The van der Waals surface area contributed by atoms with E-state index in [1.807, 2.05) is 38.1 Å². The Morgan fingerprint density at radius 1 is 1.44 bits per heavy atom. The van der Waals surface area contributed by atoms with E-state index in [0.717, 1.165) is 5.69 Å². The van der Waals surface area contributed by atoms with E-state index in [4.69, 9.17) is 4.74 Å². The summed E-state index contributed by atoms with van der Waals surface area (Å²) < 4.78 is 5.96. The lowest BCUT2D eigenvalue weighted by molar-refractivity contribution is -0.151. The van der Waals surface area contributed by atoms with Crippen LogP contribution in [0.4, 0.5) is 0 Å². The molecule has 130 valence electrons. The second-order valence-corrected chi connectivity index (χ2v) is 7.29. The summed E-state index contributed by atoms with van der Waals surface area (Å²) in [5, 5.41) is 9.29. The molecule has 0 N–H and O–H groups in total. The van der Waals surface area contributed by atoms with E-state index < -0.39 is 11.0 Å². The van der Waals surface area contributed by atoms with Crippen molar-refractivity contribution in [2.75, 3.05) is 19.7 Å². The minimum atomic E-state index is -0.777. The van der Waals surface area contributed by atoms with Crippen LogP contribution in [0, 0.1) is 16.7 Å². The predicted molar refractivity (Wildman–Crippen MR) is 90.3 cm³/mol. The van der Waals surface area contributed by atoms with E-state index in [1.54, 1.807) is 17.2 Å². The van der Waals surface area contributed by atoms with Gasteiger partial charge in [-0.1, -0.05) is 19.9 Å². The van der Waals surface area contributed by atoms with Crippen LogP contribution in [0.1, 0.15) is 26.0 Å². The van der Waals surface area contributed by atoms with Crippen LogP contribution in [0.5, 0.6) is 0 Å². The van der Waals surface area contributed by atoms with Crippen LogP contribution < -0.4 is 0 Å². The minimum absolute atomic E-state index is 0.0250. The Morgan fingerprint density at radius 2 is 2.24 bits per heavy atom. The Bertz CT molecular complexity index is 764. The molecule has 0 saturated carbocycles. The second kappa shape index (κ2) is 6.41. The van der Waals surface area contributed by atoms with Crippen LogP contribution in [0.3, 0.4) is 0 Å². The second-order valence-electron chi connectivity index (χ2n) is 7.29. The molecule has 25 heavy (non-hydrogen) atoms. The van der Waals surface area contributed by atoms with Crippen molar-refractivity contribution in [1.29, 1.82) is 5.26 Å². The van der Waals surface area contributed by atoms with Crippen molar-refractivity contribution in [2.45, 2.75) is 32.3 Å². The highest BCUT2D eigenvalue weighted by Crippen LogP contribution is 2.41. The molecule has 6 nitrogen and oxygen atoms in total. The molecule has 1 aromatic heterocycles. The van der Waals surface area contributed by atoms with Crippen molar-refractivity contribution < 1.29 is 14.3 Å². The number of rotatable bonds is 2. The van der Waals surface area contributed by atoms with E-state index in [9.17, 15) is 14.9 Å². The summed E-state index contributed by atoms with van der Waals surface area (Å²) in [6.07, 6.45) is 3.97. The molecule has 6 heteroatoms. The lowest BCUT2D eigenvalue weighted by Gasteiger charge is -2.46. The third kappa shape index (κ3) is 3.47. The number of nitrogens with zero attached hydrogens (tertiary/aromatic N) is 3. The molecule has 0 radical (unpaired) electrons.